The predicted octanol–water partition coefficient (Wildman–Crippen LogP) is 2.27. The molecule has 34 heavy (non-hydrogen) atoms. The van der Waals surface area contributed by atoms with Crippen molar-refractivity contribution in [3.8, 4) is 11.5 Å². The van der Waals surface area contributed by atoms with Gasteiger partial charge in [0.25, 0.3) is 17.3 Å². The highest BCUT2D eigenvalue weighted by Crippen LogP contribution is 2.37. The SMILES string of the molecule is COC(=O)c1cc([N+](=O)[O-])cc([N+](=O)[O-])c1N1CCN(C(=O)c2cc(OC)cc(OC)c2)CC1. The molecule has 2 aromatic carbocycles. The van der Waals surface area contributed by atoms with E-state index in [1.807, 2.05) is 0 Å². The summed E-state index contributed by atoms with van der Waals surface area (Å²) < 4.78 is 15.1. The Labute approximate surface area is 193 Å². The minimum Gasteiger partial charge on any atom is -0.497 e. The third kappa shape index (κ3) is 4.82. The van der Waals surface area contributed by atoms with Crippen molar-refractivity contribution < 1.29 is 33.6 Å². The minimum atomic E-state index is -0.941. The molecule has 1 fully saturated rings. The maximum atomic E-state index is 13.0. The molecule has 0 unspecified atom stereocenters. The molecular weight excluding hydrogens is 452 g/mol. The van der Waals surface area contributed by atoms with Crippen molar-refractivity contribution >= 4 is 28.9 Å². The van der Waals surface area contributed by atoms with Crippen LogP contribution in [0.25, 0.3) is 0 Å². The zero-order valence-electron chi connectivity index (χ0n) is 18.7. The fourth-order valence-electron chi connectivity index (χ4n) is 3.69. The van der Waals surface area contributed by atoms with Crippen molar-refractivity contribution in [2.75, 3.05) is 52.4 Å². The Morgan fingerprint density at radius 2 is 1.44 bits per heavy atom. The maximum absolute atomic E-state index is 13.0. The molecule has 0 aromatic heterocycles. The smallest absolute Gasteiger partial charge is 0.340 e. The van der Waals surface area contributed by atoms with Gasteiger partial charge in [0.1, 0.15) is 17.2 Å². The summed E-state index contributed by atoms with van der Waals surface area (Å²) in [5.41, 5.74) is -1.22. The number of rotatable bonds is 7. The first-order valence-corrected chi connectivity index (χ1v) is 10.0. The molecule has 0 saturated carbocycles. The monoisotopic (exact) mass is 474 g/mol. The fraction of sp³-hybridized carbons (Fsp3) is 0.333. The van der Waals surface area contributed by atoms with Crippen molar-refractivity contribution in [1.82, 2.24) is 4.90 Å². The molecule has 0 spiro atoms. The minimum absolute atomic E-state index is 0.0856. The van der Waals surface area contributed by atoms with Gasteiger partial charge in [-0.3, -0.25) is 25.0 Å². The first kappa shape index (κ1) is 24.2. The van der Waals surface area contributed by atoms with E-state index in [1.54, 1.807) is 28.0 Å². The van der Waals surface area contributed by atoms with Crippen molar-refractivity contribution in [3.05, 3.63) is 61.7 Å². The molecule has 1 saturated heterocycles. The number of benzene rings is 2. The van der Waals surface area contributed by atoms with Crippen LogP contribution in [0.4, 0.5) is 17.1 Å². The van der Waals surface area contributed by atoms with E-state index in [9.17, 15) is 29.8 Å². The van der Waals surface area contributed by atoms with Gasteiger partial charge in [0.2, 0.25) is 0 Å². The van der Waals surface area contributed by atoms with E-state index < -0.39 is 27.2 Å². The van der Waals surface area contributed by atoms with Crippen LogP contribution in [-0.2, 0) is 4.74 Å². The number of hydrogen-bond acceptors (Lipinski definition) is 10. The van der Waals surface area contributed by atoms with Crippen LogP contribution < -0.4 is 14.4 Å². The van der Waals surface area contributed by atoms with Crippen LogP contribution in [0.1, 0.15) is 20.7 Å². The fourth-order valence-corrected chi connectivity index (χ4v) is 3.69. The van der Waals surface area contributed by atoms with Gasteiger partial charge >= 0.3 is 5.97 Å². The van der Waals surface area contributed by atoms with Crippen LogP contribution in [-0.4, -0.2) is 74.1 Å². The van der Waals surface area contributed by atoms with E-state index >= 15 is 0 Å². The van der Waals surface area contributed by atoms with Crippen molar-refractivity contribution in [1.29, 1.82) is 0 Å². The molecule has 2 aromatic rings. The number of amides is 1. The van der Waals surface area contributed by atoms with E-state index in [0.717, 1.165) is 19.2 Å². The lowest BCUT2D eigenvalue weighted by Crippen LogP contribution is -2.49. The molecule has 1 aliphatic heterocycles. The number of non-ortho nitro benzene ring substituents is 1. The molecule has 13 nitrogen and oxygen atoms in total. The van der Waals surface area contributed by atoms with Gasteiger partial charge in [-0.1, -0.05) is 0 Å². The standard InChI is InChI=1S/C21H22N4O9/c1-32-15-8-13(9-16(12-15)33-2)20(26)23-6-4-22(5-7-23)19-17(21(27)34-3)10-14(24(28)29)11-18(19)25(30)31/h8-12H,4-7H2,1-3H3. The number of hydrogen-bond donors (Lipinski definition) is 0. The molecule has 0 aliphatic carbocycles. The molecule has 0 radical (unpaired) electrons. The number of nitro benzene ring substituents is 2. The third-order valence-electron chi connectivity index (χ3n) is 5.37. The first-order valence-electron chi connectivity index (χ1n) is 10.0. The Balaban J connectivity index is 1.90. The Kier molecular flexibility index (Phi) is 7.14. The van der Waals surface area contributed by atoms with E-state index in [1.165, 1.54) is 14.2 Å². The second-order valence-corrected chi connectivity index (χ2v) is 7.25. The van der Waals surface area contributed by atoms with Crippen LogP contribution >= 0.6 is 0 Å². The zero-order chi connectivity index (χ0) is 25.0. The van der Waals surface area contributed by atoms with Crippen LogP contribution in [0, 0.1) is 20.2 Å². The van der Waals surface area contributed by atoms with Gasteiger partial charge in [-0.15, -0.1) is 0 Å². The van der Waals surface area contributed by atoms with Gasteiger partial charge in [-0.2, -0.15) is 0 Å². The van der Waals surface area contributed by atoms with Crippen molar-refractivity contribution in [3.63, 3.8) is 0 Å². The van der Waals surface area contributed by atoms with E-state index in [0.29, 0.717) is 17.1 Å². The maximum Gasteiger partial charge on any atom is 0.340 e. The summed E-state index contributed by atoms with van der Waals surface area (Å²) in [5, 5.41) is 22.9. The number of nitrogens with zero attached hydrogens (tertiary/aromatic N) is 4. The lowest BCUT2D eigenvalue weighted by molar-refractivity contribution is -0.393. The van der Waals surface area contributed by atoms with Crippen molar-refractivity contribution in [2.24, 2.45) is 0 Å². The number of nitro groups is 2. The summed E-state index contributed by atoms with van der Waals surface area (Å²) in [5.74, 6) is -0.330. The van der Waals surface area contributed by atoms with Gasteiger partial charge in [0.05, 0.1) is 42.8 Å². The summed E-state index contributed by atoms with van der Waals surface area (Å²) in [6.45, 7) is 0.672. The lowest BCUT2D eigenvalue weighted by Gasteiger charge is -2.36. The molecular formula is C21H22N4O9. The average Bonchev–Trinajstić information content (AvgIpc) is 2.86. The topological polar surface area (TPSA) is 155 Å². The Morgan fingerprint density at radius 3 is 1.91 bits per heavy atom. The average molecular weight is 474 g/mol. The van der Waals surface area contributed by atoms with Gasteiger partial charge in [-0.25, -0.2) is 4.79 Å². The van der Waals surface area contributed by atoms with E-state index in [4.69, 9.17) is 14.2 Å². The highest BCUT2D eigenvalue weighted by molar-refractivity contribution is 6.00. The molecule has 0 N–H and O–H groups in total. The molecule has 0 bridgehead atoms. The quantitative estimate of drug-likeness (QED) is 0.331. The largest absolute Gasteiger partial charge is 0.497 e. The molecule has 1 aliphatic rings. The number of carbonyl (C=O) groups is 2. The summed E-state index contributed by atoms with van der Waals surface area (Å²) in [7, 11) is 4.02. The molecule has 1 heterocycles. The summed E-state index contributed by atoms with van der Waals surface area (Å²) >= 11 is 0. The predicted molar refractivity (Wildman–Crippen MR) is 119 cm³/mol. The number of piperazine rings is 1. The molecule has 0 atom stereocenters. The Bertz CT molecular complexity index is 1120. The van der Waals surface area contributed by atoms with Gasteiger partial charge < -0.3 is 24.0 Å². The van der Waals surface area contributed by atoms with Gasteiger partial charge in [0, 0.05) is 43.9 Å². The molecule has 13 heteroatoms. The highest BCUT2D eigenvalue weighted by Gasteiger charge is 2.34. The number of carbonyl (C=O) groups excluding carboxylic acids is 2. The van der Waals surface area contributed by atoms with Crippen LogP contribution in [0.5, 0.6) is 11.5 Å². The van der Waals surface area contributed by atoms with Crippen LogP contribution in [0.15, 0.2) is 30.3 Å². The highest BCUT2D eigenvalue weighted by atomic mass is 16.6. The summed E-state index contributed by atoms with van der Waals surface area (Å²) in [4.78, 5) is 49.8. The van der Waals surface area contributed by atoms with Gasteiger partial charge in [0.15, 0.2) is 0 Å². The Morgan fingerprint density at radius 1 is 0.853 bits per heavy atom. The number of ether oxygens (including phenoxy) is 3. The first-order chi connectivity index (χ1) is 16.2. The third-order valence-corrected chi connectivity index (χ3v) is 5.37. The van der Waals surface area contributed by atoms with E-state index in [2.05, 4.69) is 0 Å². The van der Waals surface area contributed by atoms with Crippen LogP contribution in [0.3, 0.4) is 0 Å². The molecule has 3 rings (SSSR count). The lowest BCUT2D eigenvalue weighted by atomic mass is 10.1. The normalized spacial score (nSPS) is 13.3. The van der Waals surface area contributed by atoms with Crippen molar-refractivity contribution in [2.45, 2.75) is 0 Å². The summed E-state index contributed by atoms with van der Waals surface area (Å²) in [6, 6.07) is 6.55. The number of anilines is 1. The zero-order valence-corrected chi connectivity index (χ0v) is 18.7. The second kappa shape index (κ2) is 10.0. The van der Waals surface area contributed by atoms with Crippen LogP contribution in [0.2, 0.25) is 0 Å². The summed E-state index contributed by atoms with van der Waals surface area (Å²) in [6.07, 6.45) is 0. The molecule has 1 amide bonds. The Hall–Kier alpha value is -4.42. The molecule has 180 valence electrons. The number of methoxy groups -OCH3 is 3. The second-order valence-electron chi connectivity index (χ2n) is 7.25. The number of esters is 1. The van der Waals surface area contributed by atoms with E-state index in [-0.39, 0.29) is 43.3 Å². The van der Waals surface area contributed by atoms with Gasteiger partial charge in [-0.05, 0) is 12.1 Å².